The van der Waals surface area contributed by atoms with Crippen molar-refractivity contribution in [2.45, 2.75) is 64.3 Å². The van der Waals surface area contributed by atoms with Gasteiger partial charge in [-0.2, -0.15) is 0 Å². The summed E-state index contributed by atoms with van der Waals surface area (Å²) in [6.45, 7) is 2.72. The number of rotatable bonds is 3. The second kappa shape index (κ2) is 8.81. The number of benzene rings is 2. The Kier molecular flexibility index (Phi) is 5.98. The van der Waals surface area contributed by atoms with Crippen LogP contribution in [0.4, 0.5) is 5.69 Å². The fourth-order valence-corrected chi connectivity index (χ4v) is 4.58. The Labute approximate surface area is 173 Å². The number of aryl methyl sites for hydroxylation is 2. The largest absolute Gasteiger partial charge is 0.349 e. The quantitative estimate of drug-likeness (QED) is 0.747. The maximum atomic E-state index is 13.1. The average molecular weight is 391 g/mol. The molecule has 1 saturated carbocycles. The molecule has 4 heteroatoms. The molecular weight excluding hydrogens is 360 g/mol. The molecule has 2 aromatic rings. The minimum absolute atomic E-state index is 0.0156. The molecule has 0 bridgehead atoms. The maximum Gasteiger partial charge on any atom is 0.258 e. The highest BCUT2D eigenvalue weighted by atomic mass is 16.2. The molecule has 2 aromatic carbocycles. The van der Waals surface area contributed by atoms with Gasteiger partial charge in [0.2, 0.25) is 0 Å². The lowest BCUT2D eigenvalue weighted by Gasteiger charge is -2.30. The summed E-state index contributed by atoms with van der Waals surface area (Å²) in [5.74, 6) is 0.0483. The molecule has 0 unspecified atom stereocenters. The number of fused-ring (bicyclic) bond motifs is 1. The third-order valence-corrected chi connectivity index (χ3v) is 6.16. The number of hydrogen-bond donors (Lipinski definition) is 1. The zero-order valence-corrected chi connectivity index (χ0v) is 17.2. The predicted octanol–water partition coefficient (Wildman–Crippen LogP) is 5.04. The molecule has 0 aromatic heterocycles. The molecule has 2 aliphatic rings. The summed E-state index contributed by atoms with van der Waals surface area (Å²) in [5, 5.41) is 3.23. The second-order valence-corrected chi connectivity index (χ2v) is 8.44. The van der Waals surface area contributed by atoms with Gasteiger partial charge in [-0.15, -0.1) is 0 Å². The van der Waals surface area contributed by atoms with Crippen molar-refractivity contribution in [1.29, 1.82) is 0 Å². The summed E-state index contributed by atoms with van der Waals surface area (Å²) < 4.78 is 0. The third kappa shape index (κ3) is 4.52. The highest BCUT2D eigenvalue weighted by Crippen LogP contribution is 2.30. The standard InChI is InChI=1S/C25H30N2O2/c1-18-8-6-9-21(16-18)25(29)27-15-7-10-19-17-20(13-14-23(19)27)24(28)26-22-11-4-2-3-5-12-22/h6,8-9,13-14,16-17,22H,2-5,7,10-12,15H2,1H3,(H,26,28). The van der Waals surface area contributed by atoms with E-state index < -0.39 is 0 Å². The summed E-state index contributed by atoms with van der Waals surface area (Å²) in [6.07, 6.45) is 8.92. The summed E-state index contributed by atoms with van der Waals surface area (Å²) in [7, 11) is 0. The molecule has 1 N–H and O–H groups in total. The van der Waals surface area contributed by atoms with E-state index in [0.29, 0.717) is 23.7 Å². The van der Waals surface area contributed by atoms with Crippen LogP contribution < -0.4 is 10.2 Å². The molecule has 29 heavy (non-hydrogen) atoms. The van der Waals surface area contributed by atoms with Crippen LogP contribution >= 0.6 is 0 Å². The fourth-order valence-electron chi connectivity index (χ4n) is 4.58. The molecular formula is C25H30N2O2. The molecule has 1 aliphatic carbocycles. The Morgan fingerprint density at radius 1 is 0.931 bits per heavy atom. The third-order valence-electron chi connectivity index (χ3n) is 6.16. The Balaban J connectivity index is 1.52. The molecule has 0 spiro atoms. The molecule has 0 saturated heterocycles. The first-order valence-corrected chi connectivity index (χ1v) is 10.9. The van der Waals surface area contributed by atoms with Crippen LogP contribution in [-0.2, 0) is 6.42 Å². The van der Waals surface area contributed by atoms with Crippen molar-refractivity contribution in [3.8, 4) is 0 Å². The van der Waals surface area contributed by atoms with Crippen LogP contribution in [0.5, 0.6) is 0 Å². The van der Waals surface area contributed by atoms with Crippen LogP contribution in [0.2, 0.25) is 0 Å². The lowest BCUT2D eigenvalue weighted by Crippen LogP contribution is -2.36. The zero-order chi connectivity index (χ0) is 20.2. The number of carbonyl (C=O) groups is 2. The van der Waals surface area contributed by atoms with Gasteiger partial charge in [0, 0.05) is 29.4 Å². The predicted molar refractivity (Wildman–Crippen MR) is 117 cm³/mol. The van der Waals surface area contributed by atoms with Crippen molar-refractivity contribution in [2.24, 2.45) is 0 Å². The number of nitrogens with zero attached hydrogens (tertiary/aromatic N) is 1. The van der Waals surface area contributed by atoms with Crippen LogP contribution in [0, 0.1) is 6.92 Å². The topological polar surface area (TPSA) is 49.4 Å². The number of hydrogen-bond acceptors (Lipinski definition) is 2. The number of amides is 2. The summed E-state index contributed by atoms with van der Waals surface area (Å²) in [6, 6.07) is 13.8. The molecule has 1 heterocycles. The Hall–Kier alpha value is -2.62. The van der Waals surface area contributed by atoms with Gasteiger partial charge in [-0.05, 0) is 68.5 Å². The van der Waals surface area contributed by atoms with Crippen LogP contribution in [0.15, 0.2) is 42.5 Å². The maximum absolute atomic E-state index is 13.1. The number of carbonyl (C=O) groups excluding carboxylic acids is 2. The molecule has 2 amide bonds. The van der Waals surface area contributed by atoms with E-state index in [-0.39, 0.29) is 11.8 Å². The zero-order valence-electron chi connectivity index (χ0n) is 17.2. The van der Waals surface area contributed by atoms with Crippen LogP contribution in [0.1, 0.15) is 76.8 Å². The lowest BCUT2D eigenvalue weighted by atomic mass is 9.97. The monoisotopic (exact) mass is 390 g/mol. The fraction of sp³-hybridized carbons (Fsp3) is 0.440. The number of nitrogens with one attached hydrogen (secondary N) is 1. The molecule has 152 valence electrons. The lowest BCUT2D eigenvalue weighted by molar-refractivity contribution is 0.0932. The van der Waals surface area contributed by atoms with Gasteiger partial charge in [0.15, 0.2) is 0 Å². The van der Waals surface area contributed by atoms with Gasteiger partial charge in [-0.1, -0.05) is 43.4 Å². The summed E-state index contributed by atoms with van der Waals surface area (Å²) in [4.78, 5) is 27.7. The molecule has 1 fully saturated rings. The minimum atomic E-state index is 0.0156. The first kappa shape index (κ1) is 19.7. The highest BCUT2D eigenvalue weighted by molar-refractivity contribution is 6.07. The SMILES string of the molecule is Cc1cccc(C(=O)N2CCCc3cc(C(=O)NC4CCCCCC4)ccc32)c1. The second-order valence-electron chi connectivity index (χ2n) is 8.44. The van der Waals surface area contributed by atoms with Gasteiger partial charge in [-0.3, -0.25) is 9.59 Å². The van der Waals surface area contributed by atoms with Crippen molar-refractivity contribution in [1.82, 2.24) is 5.32 Å². The first-order valence-electron chi connectivity index (χ1n) is 10.9. The molecule has 1 aliphatic heterocycles. The molecule has 0 atom stereocenters. The van der Waals surface area contributed by atoms with E-state index in [1.165, 1.54) is 25.7 Å². The number of anilines is 1. The van der Waals surface area contributed by atoms with Crippen molar-refractivity contribution >= 4 is 17.5 Å². The smallest absolute Gasteiger partial charge is 0.258 e. The Morgan fingerprint density at radius 3 is 2.48 bits per heavy atom. The van der Waals surface area contributed by atoms with E-state index >= 15 is 0 Å². The molecule has 4 nitrogen and oxygen atoms in total. The van der Waals surface area contributed by atoms with E-state index in [1.807, 2.05) is 54.3 Å². The van der Waals surface area contributed by atoms with Crippen molar-refractivity contribution in [2.75, 3.05) is 11.4 Å². The van der Waals surface area contributed by atoms with Gasteiger partial charge < -0.3 is 10.2 Å². The minimum Gasteiger partial charge on any atom is -0.349 e. The van der Waals surface area contributed by atoms with Gasteiger partial charge in [-0.25, -0.2) is 0 Å². The average Bonchev–Trinajstić information content (AvgIpc) is 3.01. The van der Waals surface area contributed by atoms with Crippen LogP contribution in [0.25, 0.3) is 0 Å². The Morgan fingerprint density at radius 2 is 1.72 bits per heavy atom. The summed E-state index contributed by atoms with van der Waals surface area (Å²) >= 11 is 0. The van der Waals surface area contributed by atoms with Crippen LogP contribution in [-0.4, -0.2) is 24.4 Å². The van der Waals surface area contributed by atoms with E-state index in [1.54, 1.807) is 0 Å². The van der Waals surface area contributed by atoms with Gasteiger partial charge >= 0.3 is 0 Å². The van der Waals surface area contributed by atoms with Gasteiger partial charge in [0.05, 0.1) is 0 Å². The van der Waals surface area contributed by atoms with Gasteiger partial charge in [0.1, 0.15) is 0 Å². The van der Waals surface area contributed by atoms with E-state index in [4.69, 9.17) is 0 Å². The first-order chi connectivity index (χ1) is 14.1. The van der Waals surface area contributed by atoms with Crippen LogP contribution in [0.3, 0.4) is 0 Å². The molecule has 0 radical (unpaired) electrons. The van der Waals surface area contributed by atoms with Crippen molar-refractivity contribution in [3.05, 3.63) is 64.7 Å². The van der Waals surface area contributed by atoms with Gasteiger partial charge in [0.25, 0.3) is 11.8 Å². The van der Waals surface area contributed by atoms with E-state index in [9.17, 15) is 9.59 Å². The Bertz CT molecular complexity index is 897. The van der Waals surface area contributed by atoms with E-state index in [0.717, 1.165) is 42.5 Å². The highest BCUT2D eigenvalue weighted by Gasteiger charge is 2.25. The van der Waals surface area contributed by atoms with Crippen molar-refractivity contribution < 1.29 is 9.59 Å². The normalized spacial score (nSPS) is 17.3. The van der Waals surface area contributed by atoms with Crippen molar-refractivity contribution in [3.63, 3.8) is 0 Å². The summed E-state index contributed by atoms with van der Waals surface area (Å²) in [5.41, 5.74) is 4.53. The molecule has 4 rings (SSSR count). The van der Waals surface area contributed by atoms with E-state index in [2.05, 4.69) is 5.32 Å².